The number of pyridine rings is 1. The largest absolute Gasteiger partial charge is 0.378 e. The summed E-state index contributed by atoms with van der Waals surface area (Å²) >= 11 is 0. The second kappa shape index (κ2) is 9.09. The lowest BCUT2D eigenvalue weighted by atomic mass is 10.1. The van der Waals surface area contributed by atoms with Gasteiger partial charge in [0.05, 0.1) is 4.90 Å². The molecule has 0 spiro atoms. The first-order valence-electron chi connectivity index (χ1n) is 9.55. The zero-order valence-corrected chi connectivity index (χ0v) is 18.1. The molecule has 6 nitrogen and oxygen atoms in total. The molecule has 2 aromatic carbocycles. The molecular formula is C23H25N3O3S. The topological polar surface area (TPSA) is 79.4 Å². The van der Waals surface area contributed by atoms with Crippen molar-refractivity contribution in [1.29, 1.82) is 0 Å². The Balaban J connectivity index is 1.93. The summed E-state index contributed by atoms with van der Waals surface area (Å²) in [6, 6.07) is 17.3. The zero-order chi connectivity index (χ0) is 21.7. The first-order valence-corrected chi connectivity index (χ1v) is 11.1. The van der Waals surface area contributed by atoms with Crippen molar-refractivity contribution in [2.75, 3.05) is 25.5 Å². The molecule has 1 heterocycles. The fourth-order valence-corrected chi connectivity index (χ4v) is 4.74. The molecule has 7 heteroatoms. The number of rotatable bonds is 7. The maximum Gasteiger partial charge on any atom is 0.251 e. The Kier molecular flexibility index (Phi) is 6.52. The molecule has 0 radical (unpaired) electrons. The predicted octanol–water partition coefficient (Wildman–Crippen LogP) is 3.40. The molecule has 0 bridgehead atoms. The molecule has 1 amide bonds. The standard InChI is InChI=1S/C23H25N3O3S/c1-17-4-10-21(11-5-17)30(28,29)22(18-6-8-20(9-7-18)26(2)3)16-25-23(27)19-12-14-24-15-13-19/h4-15,22H,16H2,1-3H3,(H,25,27)/t22-/m0/s1. The third-order valence-corrected chi connectivity index (χ3v) is 7.01. The van der Waals surface area contributed by atoms with E-state index < -0.39 is 15.1 Å². The van der Waals surface area contributed by atoms with Crippen LogP contribution >= 0.6 is 0 Å². The van der Waals surface area contributed by atoms with Crippen LogP contribution in [0.2, 0.25) is 0 Å². The fourth-order valence-electron chi connectivity index (χ4n) is 3.08. The minimum Gasteiger partial charge on any atom is -0.378 e. The number of hydrogen-bond donors (Lipinski definition) is 1. The Bertz CT molecular complexity index is 1090. The van der Waals surface area contributed by atoms with Crippen LogP contribution in [0.5, 0.6) is 0 Å². The molecule has 0 saturated carbocycles. The van der Waals surface area contributed by atoms with E-state index >= 15 is 0 Å². The first kappa shape index (κ1) is 21.5. The van der Waals surface area contributed by atoms with Crippen molar-refractivity contribution in [3.8, 4) is 0 Å². The van der Waals surface area contributed by atoms with E-state index in [2.05, 4.69) is 10.3 Å². The lowest BCUT2D eigenvalue weighted by Gasteiger charge is -2.20. The van der Waals surface area contributed by atoms with Crippen LogP contribution in [0.15, 0.2) is 78.0 Å². The minimum absolute atomic E-state index is 0.0430. The summed E-state index contributed by atoms with van der Waals surface area (Å²) in [5.74, 6) is -0.341. The number of anilines is 1. The first-order chi connectivity index (χ1) is 14.3. The highest BCUT2D eigenvalue weighted by Crippen LogP contribution is 2.30. The molecule has 156 valence electrons. The molecule has 1 atom stereocenters. The number of sulfone groups is 1. The van der Waals surface area contributed by atoms with Gasteiger partial charge in [-0.2, -0.15) is 0 Å². The summed E-state index contributed by atoms with van der Waals surface area (Å²) in [4.78, 5) is 18.6. The molecule has 0 aliphatic heterocycles. The molecular weight excluding hydrogens is 398 g/mol. The smallest absolute Gasteiger partial charge is 0.251 e. The maximum absolute atomic E-state index is 13.4. The maximum atomic E-state index is 13.4. The SMILES string of the molecule is Cc1ccc(S(=O)(=O)[C@@H](CNC(=O)c2ccncc2)c2ccc(N(C)C)cc2)cc1. The zero-order valence-electron chi connectivity index (χ0n) is 17.2. The van der Waals surface area contributed by atoms with E-state index in [1.807, 2.05) is 38.1 Å². The van der Waals surface area contributed by atoms with Crippen LogP contribution in [0.3, 0.4) is 0 Å². The van der Waals surface area contributed by atoms with Crippen LogP contribution in [-0.2, 0) is 9.84 Å². The number of aromatic nitrogens is 1. The fraction of sp³-hybridized carbons (Fsp3) is 0.217. The summed E-state index contributed by atoms with van der Waals surface area (Å²) in [7, 11) is 0.120. The van der Waals surface area contributed by atoms with Crippen molar-refractivity contribution in [3.63, 3.8) is 0 Å². The highest BCUT2D eigenvalue weighted by Gasteiger charge is 2.29. The van der Waals surface area contributed by atoms with Crippen molar-refractivity contribution in [3.05, 3.63) is 89.7 Å². The average molecular weight is 424 g/mol. The third kappa shape index (κ3) is 4.86. The number of hydrogen-bond acceptors (Lipinski definition) is 5. The lowest BCUT2D eigenvalue weighted by molar-refractivity contribution is 0.0953. The number of nitrogens with zero attached hydrogens (tertiary/aromatic N) is 2. The van der Waals surface area contributed by atoms with Gasteiger partial charge in [-0.3, -0.25) is 9.78 Å². The number of aryl methyl sites for hydroxylation is 1. The molecule has 30 heavy (non-hydrogen) atoms. The van der Waals surface area contributed by atoms with Crippen LogP contribution in [0.1, 0.15) is 26.7 Å². The van der Waals surface area contributed by atoms with Gasteiger partial charge in [-0.25, -0.2) is 8.42 Å². The Hall–Kier alpha value is -3.19. The summed E-state index contributed by atoms with van der Waals surface area (Å²) < 4.78 is 26.9. The second-order valence-electron chi connectivity index (χ2n) is 7.28. The predicted molar refractivity (Wildman–Crippen MR) is 118 cm³/mol. The molecule has 0 aliphatic carbocycles. The Morgan fingerprint density at radius 3 is 2.13 bits per heavy atom. The van der Waals surface area contributed by atoms with Gasteiger partial charge in [-0.05, 0) is 48.9 Å². The lowest BCUT2D eigenvalue weighted by Crippen LogP contribution is -2.32. The summed E-state index contributed by atoms with van der Waals surface area (Å²) in [6.07, 6.45) is 3.05. The molecule has 0 saturated heterocycles. The van der Waals surface area contributed by atoms with Gasteiger partial charge in [0.25, 0.3) is 5.91 Å². The van der Waals surface area contributed by atoms with Gasteiger partial charge >= 0.3 is 0 Å². The summed E-state index contributed by atoms with van der Waals surface area (Å²) in [5.41, 5.74) is 2.99. The number of carbonyl (C=O) groups excluding carboxylic acids is 1. The van der Waals surface area contributed by atoms with E-state index in [-0.39, 0.29) is 17.3 Å². The molecule has 1 aromatic heterocycles. The van der Waals surface area contributed by atoms with Crippen LogP contribution in [0, 0.1) is 6.92 Å². The van der Waals surface area contributed by atoms with E-state index in [0.717, 1.165) is 11.3 Å². The van der Waals surface area contributed by atoms with E-state index in [1.165, 1.54) is 12.4 Å². The van der Waals surface area contributed by atoms with Crippen LogP contribution < -0.4 is 10.2 Å². The minimum atomic E-state index is -3.72. The van der Waals surface area contributed by atoms with Gasteiger partial charge in [0.2, 0.25) is 0 Å². The van der Waals surface area contributed by atoms with Crippen LogP contribution in [-0.4, -0.2) is 39.9 Å². The van der Waals surface area contributed by atoms with Crippen molar-refractivity contribution in [2.24, 2.45) is 0 Å². The van der Waals surface area contributed by atoms with Gasteiger partial charge in [0.1, 0.15) is 5.25 Å². The van der Waals surface area contributed by atoms with Crippen molar-refractivity contribution < 1.29 is 13.2 Å². The Labute approximate surface area is 177 Å². The van der Waals surface area contributed by atoms with Gasteiger partial charge in [-0.1, -0.05) is 29.8 Å². The van der Waals surface area contributed by atoms with Crippen LogP contribution in [0.25, 0.3) is 0 Å². The third-order valence-electron chi connectivity index (χ3n) is 4.90. The van der Waals surface area contributed by atoms with Gasteiger partial charge in [-0.15, -0.1) is 0 Å². The van der Waals surface area contributed by atoms with Crippen molar-refractivity contribution >= 4 is 21.4 Å². The average Bonchev–Trinajstić information content (AvgIpc) is 2.75. The second-order valence-corrected chi connectivity index (χ2v) is 9.41. The Morgan fingerprint density at radius 1 is 0.967 bits per heavy atom. The van der Waals surface area contributed by atoms with Crippen LogP contribution in [0.4, 0.5) is 5.69 Å². The van der Waals surface area contributed by atoms with Crippen molar-refractivity contribution in [1.82, 2.24) is 10.3 Å². The van der Waals surface area contributed by atoms with E-state index in [1.54, 1.807) is 48.5 Å². The molecule has 0 fully saturated rings. The molecule has 1 N–H and O–H groups in total. The van der Waals surface area contributed by atoms with Gasteiger partial charge in [0, 0.05) is 44.3 Å². The van der Waals surface area contributed by atoms with Crippen molar-refractivity contribution in [2.45, 2.75) is 17.1 Å². The molecule has 0 unspecified atom stereocenters. The number of amides is 1. The number of carbonyl (C=O) groups is 1. The molecule has 3 rings (SSSR count). The van der Waals surface area contributed by atoms with E-state index in [4.69, 9.17) is 0 Å². The summed E-state index contributed by atoms with van der Waals surface area (Å²) in [6.45, 7) is 1.86. The monoisotopic (exact) mass is 423 g/mol. The quantitative estimate of drug-likeness (QED) is 0.630. The van der Waals surface area contributed by atoms with Gasteiger partial charge < -0.3 is 10.2 Å². The number of nitrogens with one attached hydrogen (secondary N) is 1. The summed E-state index contributed by atoms with van der Waals surface area (Å²) in [5, 5.41) is 1.85. The van der Waals surface area contributed by atoms with E-state index in [0.29, 0.717) is 11.1 Å². The Morgan fingerprint density at radius 2 is 1.57 bits per heavy atom. The van der Waals surface area contributed by atoms with Gasteiger partial charge in [0.15, 0.2) is 9.84 Å². The van der Waals surface area contributed by atoms with E-state index in [9.17, 15) is 13.2 Å². The molecule has 0 aliphatic rings. The molecule has 3 aromatic rings. The highest BCUT2D eigenvalue weighted by molar-refractivity contribution is 7.91. The normalized spacial score (nSPS) is 12.2. The number of benzene rings is 2. The highest BCUT2D eigenvalue weighted by atomic mass is 32.2.